The molecule has 2 aromatic carbocycles. The molecular formula is C30H28ClN3O6S. The van der Waals surface area contributed by atoms with Crippen LogP contribution in [0.2, 0.25) is 5.02 Å². The van der Waals surface area contributed by atoms with Gasteiger partial charge in [0.15, 0.2) is 11.6 Å². The van der Waals surface area contributed by atoms with Crippen molar-refractivity contribution in [3.63, 3.8) is 0 Å². The number of ketones is 2. The molecule has 41 heavy (non-hydrogen) atoms. The lowest BCUT2D eigenvalue weighted by Crippen LogP contribution is -2.47. The van der Waals surface area contributed by atoms with Gasteiger partial charge in [-0.25, -0.2) is 0 Å². The highest BCUT2D eigenvalue weighted by atomic mass is 35.5. The van der Waals surface area contributed by atoms with E-state index in [2.05, 4.69) is 40.4 Å². The van der Waals surface area contributed by atoms with Gasteiger partial charge in [-0.2, -0.15) is 0 Å². The predicted octanol–water partition coefficient (Wildman–Crippen LogP) is 3.73. The van der Waals surface area contributed by atoms with Crippen LogP contribution in [0.1, 0.15) is 71.2 Å². The van der Waals surface area contributed by atoms with Gasteiger partial charge in [0.25, 0.3) is 0 Å². The van der Waals surface area contributed by atoms with E-state index < -0.39 is 29.6 Å². The number of hydrogen-bond acceptors (Lipinski definition) is 7. The second-order valence-corrected chi connectivity index (χ2v) is 10.7. The number of thiol groups is 1. The summed E-state index contributed by atoms with van der Waals surface area (Å²) in [7, 11) is 0. The molecule has 3 N–H and O–H groups in total. The third-order valence-electron chi connectivity index (χ3n) is 6.97. The number of anilines is 1. The molecule has 0 aromatic heterocycles. The number of rotatable bonds is 8. The van der Waals surface area contributed by atoms with Gasteiger partial charge < -0.3 is 10.6 Å². The molecule has 0 radical (unpaired) electrons. The number of halogens is 1. The normalized spacial score (nSPS) is 18.1. The molecule has 1 fully saturated rings. The van der Waals surface area contributed by atoms with Crippen LogP contribution in [0.15, 0.2) is 41.3 Å². The Balaban J connectivity index is 1.26. The van der Waals surface area contributed by atoms with Gasteiger partial charge >= 0.3 is 0 Å². The molecule has 1 aliphatic heterocycles. The zero-order valence-electron chi connectivity index (χ0n) is 22.1. The maximum atomic E-state index is 13.4. The number of piperidine rings is 1. The quantitative estimate of drug-likeness (QED) is 0.121. The summed E-state index contributed by atoms with van der Waals surface area (Å²) in [6, 6.07) is 9.94. The highest BCUT2D eigenvalue weighted by Gasteiger charge is 2.43. The molecule has 0 spiro atoms. The maximum Gasteiger partial charge on any atom is 0.233 e. The molecule has 4 amide bonds. The molecule has 9 nitrogen and oxygen atoms in total. The van der Waals surface area contributed by atoms with E-state index in [1.807, 2.05) is 0 Å². The van der Waals surface area contributed by atoms with Crippen LogP contribution in [-0.4, -0.2) is 41.7 Å². The number of carbonyl (C=O) groups excluding carboxylic acids is 6. The number of imide groups is 1. The lowest BCUT2D eigenvalue weighted by molar-refractivity contribution is -0.137. The van der Waals surface area contributed by atoms with Crippen LogP contribution in [-0.2, 0) is 19.2 Å². The van der Waals surface area contributed by atoms with E-state index in [0.717, 1.165) is 0 Å². The fourth-order valence-corrected chi connectivity index (χ4v) is 5.28. The van der Waals surface area contributed by atoms with Crippen LogP contribution in [0.3, 0.4) is 0 Å². The van der Waals surface area contributed by atoms with E-state index in [1.165, 1.54) is 0 Å². The van der Waals surface area contributed by atoms with Crippen molar-refractivity contribution in [1.29, 1.82) is 0 Å². The van der Waals surface area contributed by atoms with Crippen LogP contribution in [0.4, 0.5) is 5.69 Å². The van der Waals surface area contributed by atoms with Crippen LogP contribution in [0.25, 0.3) is 0 Å². The Morgan fingerprint density at radius 3 is 2.59 bits per heavy atom. The Morgan fingerprint density at radius 1 is 1.02 bits per heavy atom. The Kier molecular flexibility index (Phi) is 9.97. The number of amides is 4. The van der Waals surface area contributed by atoms with Crippen molar-refractivity contribution in [2.75, 3.05) is 11.9 Å². The lowest BCUT2D eigenvalue weighted by Gasteiger charge is -2.31. The topological polar surface area (TPSA) is 139 Å². The first-order valence-electron chi connectivity index (χ1n) is 13.2. The van der Waals surface area contributed by atoms with E-state index >= 15 is 0 Å². The second kappa shape index (κ2) is 13.6. The zero-order chi connectivity index (χ0) is 29.5. The highest BCUT2D eigenvalue weighted by Crippen LogP contribution is 2.35. The van der Waals surface area contributed by atoms with E-state index in [1.54, 1.807) is 36.4 Å². The van der Waals surface area contributed by atoms with Crippen LogP contribution < -0.4 is 16.0 Å². The molecule has 1 heterocycles. The van der Waals surface area contributed by atoms with Crippen molar-refractivity contribution < 1.29 is 28.8 Å². The van der Waals surface area contributed by atoms with Gasteiger partial charge in [-0.3, -0.25) is 34.1 Å². The molecule has 4 rings (SSSR count). The first-order chi connectivity index (χ1) is 19.7. The van der Waals surface area contributed by atoms with Gasteiger partial charge in [-0.05, 0) is 37.5 Å². The number of carbonyl (C=O) groups is 6. The van der Waals surface area contributed by atoms with E-state index in [9.17, 15) is 28.8 Å². The van der Waals surface area contributed by atoms with Crippen molar-refractivity contribution in [1.82, 2.24) is 10.6 Å². The number of nitrogens with one attached hydrogen (secondary N) is 3. The minimum Gasteiger partial charge on any atom is -0.356 e. The summed E-state index contributed by atoms with van der Waals surface area (Å²) in [5.74, 6) is 2.14. The van der Waals surface area contributed by atoms with Crippen molar-refractivity contribution in [2.24, 2.45) is 11.8 Å². The minimum absolute atomic E-state index is 0.0705. The Morgan fingerprint density at radius 2 is 1.80 bits per heavy atom. The predicted molar refractivity (Wildman–Crippen MR) is 155 cm³/mol. The Bertz CT molecular complexity index is 1490. The smallest absolute Gasteiger partial charge is 0.233 e. The molecule has 212 valence electrons. The van der Waals surface area contributed by atoms with Gasteiger partial charge in [-0.1, -0.05) is 41.6 Å². The van der Waals surface area contributed by atoms with Crippen molar-refractivity contribution in [3.8, 4) is 11.8 Å². The standard InChI is InChI=1S/C30H28ClN3O6S/c31-28-21(10-6-11-23(28)41)33-26(38)16-25(37)32-14-4-2-1-3-7-17-8-5-9-19-22(35)15-20(29(39)27(17)19)18-12-13-24(36)34-30(18)40/h5-6,8-11,18,20,41H,1-2,4,12-16H2,(H,32,37)(H,33,38)(H,34,36,40). The fourth-order valence-electron chi connectivity index (χ4n) is 4.90. The molecule has 1 aliphatic carbocycles. The largest absolute Gasteiger partial charge is 0.356 e. The number of Topliss-reactive ketones (excluding diaryl/α,β-unsaturated/α-hetero) is 2. The molecule has 0 bridgehead atoms. The van der Waals surface area contributed by atoms with Crippen molar-refractivity contribution in [2.45, 2.75) is 49.8 Å². The van der Waals surface area contributed by atoms with Gasteiger partial charge in [0, 0.05) is 59.2 Å². The molecular weight excluding hydrogens is 566 g/mol. The second-order valence-electron chi connectivity index (χ2n) is 9.86. The monoisotopic (exact) mass is 593 g/mol. The lowest BCUT2D eigenvalue weighted by atomic mass is 9.72. The van der Waals surface area contributed by atoms with Gasteiger partial charge in [0.1, 0.15) is 6.42 Å². The molecule has 2 atom stereocenters. The van der Waals surface area contributed by atoms with Crippen molar-refractivity contribution >= 4 is 65.1 Å². The highest BCUT2D eigenvalue weighted by molar-refractivity contribution is 7.80. The average molecular weight is 594 g/mol. The fraction of sp³-hybridized carbons (Fsp3) is 0.333. The first-order valence-corrected chi connectivity index (χ1v) is 14.0. The summed E-state index contributed by atoms with van der Waals surface area (Å²) in [5, 5.41) is 7.85. The van der Waals surface area contributed by atoms with E-state index in [4.69, 9.17) is 11.6 Å². The molecule has 11 heteroatoms. The molecule has 0 saturated carbocycles. The van der Waals surface area contributed by atoms with E-state index in [0.29, 0.717) is 52.5 Å². The molecule has 2 unspecified atom stereocenters. The van der Waals surface area contributed by atoms with Gasteiger partial charge in [0.05, 0.1) is 10.7 Å². The molecule has 1 saturated heterocycles. The third-order valence-corrected chi connectivity index (χ3v) is 7.88. The summed E-state index contributed by atoms with van der Waals surface area (Å²) >= 11 is 10.3. The maximum absolute atomic E-state index is 13.4. The minimum atomic E-state index is -0.818. The van der Waals surface area contributed by atoms with Crippen molar-refractivity contribution in [3.05, 3.63) is 58.1 Å². The molecule has 2 aromatic rings. The first kappa shape index (κ1) is 30.0. The summed E-state index contributed by atoms with van der Waals surface area (Å²) in [6.07, 6.45) is 1.71. The molecule has 2 aliphatic rings. The van der Waals surface area contributed by atoms with Crippen LogP contribution in [0.5, 0.6) is 0 Å². The number of fused-ring (bicyclic) bond motifs is 1. The van der Waals surface area contributed by atoms with E-state index in [-0.39, 0.29) is 48.7 Å². The number of hydrogen-bond donors (Lipinski definition) is 4. The summed E-state index contributed by atoms with van der Waals surface area (Å²) in [6.45, 7) is 0.363. The van der Waals surface area contributed by atoms with Crippen LogP contribution >= 0.6 is 24.2 Å². The Labute approximate surface area is 247 Å². The average Bonchev–Trinajstić information content (AvgIpc) is 2.93. The number of unbranched alkanes of at least 4 members (excludes halogenated alkanes) is 2. The van der Waals surface area contributed by atoms with Crippen LogP contribution in [0, 0.1) is 23.7 Å². The Hall–Kier alpha value is -3.94. The van der Waals surface area contributed by atoms with Gasteiger partial charge in [0.2, 0.25) is 23.6 Å². The third kappa shape index (κ3) is 7.43. The zero-order valence-corrected chi connectivity index (χ0v) is 23.7. The van der Waals surface area contributed by atoms with Gasteiger partial charge in [-0.15, -0.1) is 12.6 Å². The summed E-state index contributed by atoms with van der Waals surface area (Å²) in [5.41, 5.74) is 1.35. The summed E-state index contributed by atoms with van der Waals surface area (Å²) < 4.78 is 0. The summed E-state index contributed by atoms with van der Waals surface area (Å²) in [4.78, 5) is 74.8. The SMILES string of the molecule is O=C(CC(=O)Nc1cccc(S)c1Cl)NCCCCC#Cc1cccc2c1C(=O)C(C1CCC(=O)NC1=O)CC2=O. The number of benzene rings is 2.